The van der Waals surface area contributed by atoms with E-state index in [-0.39, 0.29) is 38.1 Å². The number of benzene rings is 1. The van der Waals surface area contributed by atoms with Gasteiger partial charge in [-0.3, -0.25) is 9.59 Å². The molecule has 1 aliphatic rings. The zero-order chi connectivity index (χ0) is 19.3. The molecule has 0 saturated heterocycles. The van der Waals surface area contributed by atoms with Gasteiger partial charge in [0.05, 0.1) is 10.5 Å². The fraction of sp³-hybridized carbons (Fsp3) is 0.250. The van der Waals surface area contributed by atoms with Gasteiger partial charge in [-0.15, -0.1) is 11.3 Å². The highest BCUT2D eigenvalue weighted by Gasteiger charge is 2.48. The lowest BCUT2D eigenvalue weighted by atomic mass is 10.2. The monoisotopic (exact) mass is 398 g/mol. The molecule has 138 valence electrons. The Kier molecular flexibility index (Phi) is 4.37. The van der Waals surface area contributed by atoms with Crippen molar-refractivity contribution in [2.75, 3.05) is 5.32 Å². The number of primary amides is 1. The van der Waals surface area contributed by atoms with Crippen LogP contribution in [0.2, 0.25) is 0 Å². The van der Waals surface area contributed by atoms with E-state index in [2.05, 4.69) is 5.32 Å². The zero-order valence-electron chi connectivity index (χ0n) is 13.6. The predicted octanol–water partition coefficient (Wildman–Crippen LogP) is 1.59. The Morgan fingerprint density at radius 3 is 2.50 bits per heavy atom. The van der Waals surface area contributed by atoms with E-state index in [9.17, 15) is 27.5 Å². The first-order chi connectivity index (χ1) is 12.0. The van der Waals surface area contributed by atoms with Gasteiger partial charge in [-0.2, -0.15) is 0 Å². The van der Waals surface area contributed by atoms with Crippen molar-refractivity contribution in [2.45, 2.75) is 34.5 Å². The standard InChI is InChI=1S/C16H15FN2O5S2/c1-8-6-9(17)2-3-11(8)26(23,24)12-7-10(13(18)20)14(25-12)19-15(21)16(22)4-5-16/h2-3,6-7,22H,4-5H2,1H3,(H2,18,20)(H,19,21). The second-order valence-electron chi connectivity index (χ2n) is 6.07. The summed E-state index contributed by atoms with van der Waals surface area (Å²) in [6, 6.07) is 4.31. The summed E-state index contributed by atoms with van der Waals surface area (Å²) in [4.78, 5) is 23.5. The Hall–Kier alpha value is -2.30. The molecular formula is C16H15FN2O5S2. The largest absolute Gasteiger partial charge is 0.380 e. The van der Waals surface area contributed by atoms with Crippen molar-refractivity contribution >= 4 is 38.0 Å². The molecule has 1 heterocycles. The van der Waals surface area contributed by atoms with Crippen LogP contribution in [0, 0.1) is 12.7 Å². The first-order valence-electron chi connectivity index (χ1n) is 7.53. The molecule has 0 aliphatic heterocycles. The Labute approximate surface area is 152 Å². The summed E-state index contributed by atoms with van der Waals surface area (Å²) in [5.74, 6) is -2.21. The van der Waals surface area contributed by atoms with Crippen molar-refractivity contribution < 1.29 is 27.5 Å². The van der Waals surface area contributed by atoms with Gasteiger partial charge < -0.3 is 16.2 Å². The zero-order valence-corrected chi connectivity index (χ0v) is 15.2. The van der Waals surface area contributed by atoms with Crippen LogP contribution in [-0.2, 0) is 14.6 Å². The molecule has 1 saturated carbocycles. The van der Waals surface area contributed by atoms with E-state index < -0.39 is 33.1 Å². The third-order valence-corrected chi connectivity index (χ3v) is 7.48. The third kappa shape index (κ3) is 3.22. The summed E-state index contributed by atoms with van der Waals surface area (Å²) in [6.07, 6.45) is 0.575. The first-order valence-corrected chi connectivity index (χ1v) is 9.83. The molecule has 3 rings (SSSR count). The van der Waals surface area contributed by atoms with Crippen LogP contribution in [0.1, 0.15) is 28.8 Å². The molecule has 0 bridgehead atoms. The fourth-order valence-electron chi connectivity index (χ4n) is 2.36. The van der Waals surface area contributed by atoms with Gasteiger partial charge in [-0.25, -0.2) is 12.8 Å². The van der Waals surface area contributed by atoms with E-state index in [0.29, 0.717) is 11.3 Å². The van der Waals surface area contributed by atoms with Crippen LogP contribution in [0.15, 0.2) is 33.4 Å². The van der Waals surface area contributed by atoms with Gasteiger partial charge in [0.15, 0.2) is 0 Å². The van der Waals surface area contributed by atoms with Gasteiger partial charge in [-0.05, 0) is 49.6 Å². The molecule has 2 amide bonds. The van der Waals surface area contributed by atoms with Gasteiger partial charge in [-0.1, -0.05) is 0 Å². The van der Waals surface area contributed by atoms with Gasteiger partial charge in [0.25, 0.3) is 11.8 Å². The molecule has 10 heteroatoms. The van der Waals surface area contributed by atoms with E-state index >= 15 is 0 Å². The number of carbonyl (C=O) groups excluding carboxylic acids is 2. The van der Waals surface area contributed by atoms with E-state index in [1.165, 1.54) is 6.92 Å². The number of aliphatic hydroxyl groups is 1. The molecule has 0 spiro atoms. The average Bonchev–Trinajstić information content (AvgIpc) is 3.14. The van der Waals surface area contributed by atoms with E-state index in [1.54, 1.807) is 0 Å². The number of rotatable bonds is 5. The Morgan fingerprint density at radius 2 is 1.96 bits per heavy atom. The Bertz CT molecular complexity index is 1030. The first kappa shape index (κ1) is 18.5. The highest BCUT2D eigenvalue weighted by Crippen LogP contribution is 2.39. The number of anilines is 1. The maximum absolute atomic E-state index is 13.2. The Balaban J connectivity index is 2.03. The molecule has 2 aromatic rings. The predicted molar refractivity (Wildman–Crippen MR) is 92.2 cm³/mol. The average molecular weight is 398 g/mol. The SMILES string of the molecule is Cc1cc(F)ccc1S(=O)(=O)c1cc(C(N)=O)c(NC(=O)C2(O)CC2)s1. The van der Waals surface area contributed by atoms with E-state index in [4.69, 9.17) is 5.73 Å². The second-order valence-corrected chi connectivity index (χ2v) is 9.27. The van der Waals surface area contributed by atoms with Crippen LogP contribution >= 0.6 is 11.3 Å². The molecule has 1 aromatic heterocycles. The number of sulfone groups is 1. The minimum Gasteiger partial charge on any atom is -0.380 e. The smallest absolute Gasteiger partial charge is 0.256 e. The highest BCUT2D eigenvalue weighted by atomic mass is 32.2. The minimum absolute atomic E-state index is 0.0545. The number of nitrogens with two attached hydrogens (primary N) is 1. The summed E-state index contributed by atoms with van der Waals surface area (Å²) in [6.45, 7) is 1.45. The molecule has 0 radical (unpaired) electrons. The van der Waals surface area contributed by atoms with E-state index in [0.717, 1.165) is 24.3 Å². The van der Waals surface area contributed by atoms with Gasteiger partial charge in [0.1, 0.15) is 20.6 Å². The van der Waals surface area contributed by atoms with Crippen LogP contribution in [0.25, 0.3) is 0 Å². The quantitative estimate of drug-likeness (QED) is 0.659. The molecule has 1 fully saturated rings. The summed E-state index contributed by atoms with van der Waals surface area (Å²) in [5.41, 5.74) is 3.81. The third-order valence-electron chi connectivity index (χ3n) is 4.04. The molecular weight excluding hydrogens is 383 g/mol. The molecule has 0 atom stereocenters. The lowest BCUT2D eigenvalue weighted by molar-refractivity contribution is -0.125. The number of hydrogen-bond acceptors (Lipinski definition) is 6. The summed E-state index contributed by atoms with van der Waals surface area (Å²) < 4.78 is 38.7. The summed E-state index contributed by atoms with van der Waals surface area (Å²) in [5, 5.41) is 12.1. The van der Waals surface area contributed by atoms with Gasteiger partial charge in [0, 0.05) is 0 Å². The van der Waals surface area contributed by atoms with E-state index in [1.807, 2.05) is 0 Å². The number of amides is 2. The van der Waals surface area contributed by atoms with Crippen LogP contribution in [0.5, 0.6) is 0 Å². The molecule has 26 heavy (non-hydrogen) atoms. The number of nitrogens with one attached hydrogen (secondary N) is 1. The molecule has 4 N–H and O–H groups in total. The highest BCUT2D eigenvalue weighted by molar-refractivity contribution is 7.93. The van der Waals surface area contributed by atoms with Crippen molar-refractivity contribution in [1.82, 2.24) is 0 Å². The maximum atomic E-state index is 13.2. The second kappa shape index (κ2) is 6.15. The lowest BCUT2D eigenvalue weighted by Crippen LogP contribution is -2.29. The van der Waals surface area contributed by atoms with Gasteiger partial charge in [0.2, 0.25) is 9.84 Å². The van der Waals surface area contributed by atoms with Crippen LogP contribution in [0.4, 0.5) is 9.39 Å². The maximum Gasteiger partial charge on any atom is 0.256 e. The van der Waals surface area contributed by atoms with Gasteiger partial charge >= 0.3 is 0 Å². The molecule has 0 unspecified atom stereocenters. The number of halogens is 1. The fourth-order valence-corrected chi connectivity index (χ4v) is 5.33. The molecule has 1 aliphatic carbocycles. The van der Waals surface area contributed by atoms with Crippen LogP contribution < -0.4 is 11.1 Å². The van der Waals surface area contributed by atoms with Crippen molar-refractivity contribution in [3.63, 3.8) is 0 Å². The Morgan fingerprint density at radius 1 is 1.31 bits per heavy atom. The lowest BCUT2D eigenvalue weighted by Gasteiger charge is -2.08. The van der Waals surface area contributed by atoms with Crippen molar-refractivity contribution in [3.8, 4) is 0 Å². The number of carbonyl (C=O) groups is 2. The normalized spacial score (nSPS) is 15.5. The van der Waals surface area contributed by atoms with Crippen molar-refractivity contribution in [2.24, 2.45) is 5.73 Å². The summed E-state index contributed by atoms with van der Waals surface area (Å²) >= 11 is 0.649. The van der Waals surface area contributed by atoms with Crippen LogP contribution in [-0.4, -0.2) is 30.9 Å². The molecule has 7 nitrogen and oxygen atoms in total. The number of aryl methyl sites for hydroxylation is 1. The number of hydrogen-bond donors (Lipinski definition) is 3. The van der Waals surface area contributed by atoms with Crippen molar-refractivity contribution in [1.29, 1.82) is 0 Å². The summed E-state index contributed by atoms with van der Waals surface area (Å²) in [7, 11) is -4.05. The topological polar surface area (TPSA) is 127 Å². The minimum atomic E-state index is -4.05. The number of thiophene rings is 1. The van der Waals surface area contributed by atoms with Crippen LogP contribution in [0.3, 0.4) is 0 Å². The molecule has 1 aromatic carbocycles. The van der Waals surface area contributed by atoms with Crippen molar-refractivity contribution in [3.05, 3.63) is 41.2 Å².